The number of nitrogens with zero attached hydrogens (tertiary/aromatic N) is 1. The zero-order chi connectivity index (χ0) is 14.2. The van der Waals surface area contributed by atoms with Crippen LogP contribution in [-0.2, 0) is 6.54 Å². The summed E-state index contributed by atoms with van der Waals surface area (Å²) in [5.74, 6) is 0.705. The van der Waals surface area contributed by atoms with Crippen LogP contribution >= 0.6 is 11.3 Å². The molecule has 0 fully saturated rings. The number of thiophene rings is 1. The molecule has 0 amide bonds. The predicted octanol–water partition coefficient (Wildman–Crippen LogP) is 4.44. The minimum Gasteiger partial charge on any atom is -0.444 e. The molecule has 0 radical (unpaired) electrons. The van der Waals surface area contributed by atoms with Gasteiger partial charge < -0.3 is 9.73 Å². The average Bonchev–Trinajstić information content (AvgIpc) is 3.01. The number of hydrogen-bond acceptors (Lipinski definition) is 4. The summed E-state index contributed by atoms with van der Waals surface area (Å²) in [6, 6.07) is 10.5. The fraction of sp³-hybridized carbons (Fsp3) is 0.312. The van der Waals surface area contributed by atoms with Crippen LogP contribution < -0.4 is 5.32 Å². The zero-order valence-electron chi connectivity index (χ0n) is 11.9. The van der Waals surface area contributed by atoms with Crippen molar-refractivity contribution in [3.63, 3.8) is 0 Å². The van der Waals surface area contributed by atoms with Crippen LogP contribution in [0.25, 0.3) is 20.9 Å². The Morgan fingerprint density at radius 2 is 2.05 bits per heavy atom. The molecule has 0 spiro atoms. The Labute approximate surface area is 122 Å². The predicted molar refractivity (Wildman–Crippen MR) is 83.9 cm³/mol. The van der Waals surface area contributed by atoms with Crippen molar-refractivity contribution in [1.29, 1.82) is 0 Å². The van der Waals surface area contributed by atoms with Gasteiger partial charge >= 0.3 is 0 Å². The maximum absolute atomic E-state index is 5.60. The quantitative estimate of drug-likeness (QED) is 0.773. The first-order valence-corrected chi connectivity index (χ1v) is 7.51. The summed E-state index contributed by atoms with van der Waals surface area (Å²) in [5, 5.41) is 4.65. The number of aromatic nitrogens is 1. The van der Waals surface area contributed by atoms with E-state index in [2.05, 4.69) is 55.3 Å². The van der Waals surface area contributed by atoms with Crippen molar-refractivity contribution in [1.82, 2.24) is 10.3 Å². The van der Waals surface area contributed by atoms with Gasteiger partial charge in [0.05, 0.1) is 10.6 Å². The first kappa shape index (κ1) is 13.3. The van der Waals surface area contributed by atoms with Gasteiger partial charge in [-0.05, 0) is 38.3 Å². The summed E-state index contributed by atoms with van der Waals surface area (Å²) in [5.41, 5.74) is 1.02. The van der Waals surface area contributed by atoms with E-state index >= 15 is 0 Å². The van der Waals surface area contributed by atoms with E-state index in [1.54, 1.807) is 17.6 Å². The average molecular weight is 286 g/mol. The van der Waals surface area contributed by atoms with Crippen molar-refractivity contribution < 1.29 is 4.42 Å². The van der Waals surface area contributed by atoms with E-state index in [-0.39, 0.29) is 5.54 Å². The fourth-order valence-corrected chi connectivity index (χ4v) is 2.94. The van der Waals surface area contributed by atoms with Crippen molar-refractivity contribution in [2.45, 2.75) is 32.9 Å². The molecule has 104 valence electrons. The summed E-state index contributed by atoms with van der Waals surface area (Å²) in [6.45, 7) is 7.14. The summed E-state index contributed by atoms with van der Waals surface area (Å²) in [6.07, 6.45) is 1.73. The maximum atomic E-state index is 5.60. The van der Waals surface area contributed by atoms with E-state index in [4.69, 9.17) is 4.42 Å². The van der Waals surface area contributed by atoms with Gasteiger partial charge in [0.25, 0.3) is 0 Å². The second-order valence-corrected chi connectivity index (χ2v) is 6.98. The molecule has 3 nitrogen and oxygen atoms in total. The van der Waals surface area contributed by atoms with Gasteiger partial charge in [0, 0.05) is 16.8 Å². The van der Waals surface area contributed by atoms with Crippen LogP contribution in [0.2, 0.25) is 0 Å². The minimum atomic E-state index is 0.0801. The third-order valence-corrected chi connectivity index (χ3v) is 4.09. The summed E-state index contributed by atoms with van der Waals surface area (Å²) >= 11 is 1.71. The third-order valence-electron chi connectivity index (χ3n) is 2.99. The van der Waals surface area contributed by atoms with Gasteiger partial charge in [0.15, 0.2) is 0 Å². The van der Waals surface area contributed by atoms with Crippen LogP contribution in [0.5, 0.6) is 0 Å². The number of rotatable bonds is 3. The lowest BCUT2D eigenvalue weighted by Gasteiger charge is -2.19. The maximum Gasteiger partial charge on any atom is 0.236 e. The molecule has 4 heteroatoms. The smallest absolute Gasteiger partial charge is 0.236 e. The van der Waals surface area contributed by atoms with Crippen LogP contribution in [-0.4, -0.2) is 10.5 Å². The highest BCUT2D eigenvalue weighted by atomic mass is 32.1. The van der Waals surface area contributed by atoms with Crippen LogP contribution in [0.1, 0.15) is 26.5 Å². The van der Waals surface area contributed by atoms with Crippen molar-refractivity contribution in [2.75, 3.05) is 0 Å². The molecule has 1 N–H and O–H groups in total. The molecule has 0 saturated carbocycles. The molecule has 3 rings (SSSR count). The summed E-state index contributed by atoms with van der Waals surface area (Å²) < 4.78 is 6.86. The number of fused-ring (bicyclic) bond motifs is 1. The second-order valence-electron chi connectivity index (χ2n) is 5.90. The van der Waals surface area contributed by atoms with Crippen molar-refractivity contribution in [3.05, 3.63) is 42.3 Å². The Morgan fingerprint density at radius 1 is 1.25 bits per heavy atom. The molecule has 3 aromatic rings. The number of hydrogen-bond donors (Lipinski definition) is 1. The van der Waals surface area contributed by atoms with E-state index < -0.39 is 0 Å². The lowest BCUT2D eigenvalue weighted by molar-refractivity contribution is 0.421. The Balaban J connectivity index is 1.82. The van der Waals surface area contributed by atoms with E-state index in [1.807, 2.05) is 6.07 Å². The lowest BCUT2D eigenvalue weighted by atomic mass is 10.1. The second kappa shape index (κ2) is 5.04. The van der Waals surface area contributed by atoms with Gasteiger partial charge in [-0.1, -0.05) is 18.2 Å². The van der Waals surface area contributed by atoms with Gasteiger partial charge in [-0.3, -0.25) is 0 Å². The Hall–Kier alpha value is -1.65. The van der Waals surface area contributed by atoms with Crippen LogP contribution in [0.15, 0.2) is 41.0 Å². The van der Waals surface area contributed by atoms with Gasteiger partial charge in [0.1, 0.15) is 6.26 Å². The first-order chi connectivity index (χ1) is 9.51. The van der Waals surface area contributed by atoms with Crippen LogP contribution in [0.4, 0.5) is 0 Å². The standard InChI is InChI=1S/C16H18N2OS/c1-16(2,3)17-9-12-10-19-15(18-12)14-8-11-6-4-5-7-13(11)20-14/h4-8,10,17H,9H2,1-3H3. The largest absolute Gasteiger partial charge is 0.444 e. The topological polar surface area (TPSA) is 38.1 Å². The first-order valence-electron chi connectivity index (χ1n) is 6.70. The zero-order valence-corrected chi connectivity index (χ0v) is 12.8. The number of oxazole rings is 1. The number of nitrogens with one attached hydrogen (secondary N) is 1. The fourth-order valence-electron chi connectivity index (χ4n) is 1.94. The summed E-state index contributed by atoms with van der Waals surface area (Å²) in [7, 11) is 0. The number of benzene rings is 1. The van der Waals surface area contributed by atoms with Crippen molar-refractivity contribution >= 4 is 21.4 Å². The van der Waals surface area contributed by atoms with Gasteiger partial charge in [0.2, 0.25) is 5.89 Å². The molecule has 0 aliphatic heterocycles. The molecule has 20 heavy (non-hydrogen) atoms. The van der Waals surface area contributed by atoms with E-state index in [1.165, 1.54) is 10.1 Å². The van der Waals surface area contributed by atoms with Gasteiger partial charge in [-0.15, -0.1) is 11.3 Å². The Morgan fingerprint density at radius 3 is 2.80 bits per heavy atom. The highest BCUT2D eigenvalue weighted by Crippen LogP contribution is 2.32. The molecule has 0 aliphatic rings. The van der Waals surface area contributed by atoms with E-state index in [9.17, 15) is 0 Å². The summed E-state index contributed by atoms with van der Waals surface area (Å²) in [4.78, 5) is 5.64. The molecule has 0 unspecified atom stereocenters. The van der Waals surface area contributed by atoms with Crippen molar-refractivity contribution in [2.24, 2.45) is 0 Å². The third kappa shape index (κ3) is 2.92. The lowest BCUT2D eigenvalue weighted by Crippen LogP contribution is -2.35. The normalized spacial score (nSPS) is 12.2. The monoisotopic (exact) mass is 286 g/mol. The van der Waals surface area contributed by atoms with E-state index in [0.29, 0.717) is 5.89 Å². The molecule has 2 aromatic heterocycles. The SMILES string of the molecule is CC(C)(C)NCc1coc(-c2cc3ccccc3s2)n1. The van der Waals surface area contributed by atoms with E-state index in [0.717, 1.165) is 17.1 Å². The molecular formula is C16H18N2OS. The molecule has 0 bridgehead atoms. The molecule has 0 aliphatic carbocycles. The molecule has 0 atom stereocenters. The molecular weight excluding hydrogens is 268 g/mol. The highest BCUT2D eigenvalue weighted by Gasteiger charge is 2.13. The Bertz CT molecular complexity index is 688. The Kier molecular flexibility index (Phi) is 3.36. The van der Waals surface area contributed by atoms with Gasteiger partial charge in [-0.2, -0.15) is 0 Å². The molecule has 1 aromatic carbocycles. The van der Waals surface area contributed by atoms with Crippen LogP contribution in [0, 0.1) is 0 Å². The van der Waals surface area contributed by atoms with Crippen molar-refractivity contribution in [3.8, 4) is 10.8 Å². The van der Waals surface area contributed by atoms with Crippen LogP contribution in [0.3, 0.4) is 0 Å². The minimum absolute atomic E-state index is 0.0801. The molecule has 2 heterocycles. The highest BCUT2D eigenvalue weighted by molar-refractivity contribution is 7.22. The van der Waals surface area contributed by atoms with Gasteiger partial charge in [-0.25, -0.2) is 4.98 Å². The molecule has 0 saturated heterocycles.